The van der Waals surface area contributed by atoms with Crippen LogP contribution in [0.1, 0.15) is 17.0 Å². The van der Waals surface area contributed by atoms with E-state index in [0.717, 1.165) is 11.3 Å². The van der Waals surface area contributed by atoms with Gasteiger partial charge in [0.2, 0.25) is 0 Å². The summed E-state index contributed by atoms with van der Waals surface area (Å²) in [5.41, 5.74) is 3.02. The molecule has 3 rings (SSSR count). The maximum atomic E-state index is 11.9. The van der Waals surface area contributed by atoms with E-state index < -0.39 is 0 Å². The van der Waals surface area contributed by atoms with E-state index in [9.17, 15) is 4.79 Å². The molecule has 0 spiro atoms. The van der Waals surface area contributed by atoms with Crippen LogP contribution in [0.15, 0.2) is 18.2 Å². The molecule has 0 fully saturated rings. The predicted octanol–water partition coefficient (Wildman–Crippen LogP) is 1.83. The Morgan fingerprint density at radius 3 is 3.05 bits per heavy atom. The first-order valence-electron chi connectivity index (χ1n) is 6.48. The Morgan fingerprint density at radius 1 is 1.48 bits per heavy atom. The molecule has 2 amide bonds. The molecule has 1 aliphatic heterocycles. The average Bonchev–Trinajstić information content (AvgIpc) is 3.05. The second-order valence-corrected chi connectivity index (χ2v) is 5.17. The standard InChI is InChI=1S/C13H15N5O2S/c1-18-11(16-17-13(18)21)5-14-12(19)15-10-3-2-8-6-20-7-9(8)4-10/h2-4H,5-7H2,1H3,(H,17,21)(H2,14,15,19). The third kappa shape index (κ3) is 2.96. The highest BCUT2D eigenvalue weighted by atomic mass is 32.1. The lowest BCUT2D eigenvalue weighted by Gasteiger charge is -2.08. The molecule has 1 aliphatic rings. The number of ether oxygens (including phenoxy) is 1. The summed E-state index contributed by atoms with van der Waals surface area (Å²) in [4.78, 5) is 11.9. The molecule has 0 saturated heterocycles. The minimum atomic E-state index is -0.289. The summed E-state index contributed by atoms with van der Waals surface area (Å²) >= 11 is 5.01. The van der Waals surface area contributed by atoms with Crippen LogP contribution in [-0.2, 0) is 31.5 Å². The van der Waals surface area contributed by atoms with Crippen molar-refractivity contribution in [3.8, 4) is 0 Å². The van der Waals surface area contributed by atoms with Crippen LogP contribution in [0, 0.1) is 4.77 Å². The van der Waals surface area contributed by atoms with Gasteiger partial charge in [0.1, 0.15) is 0 Å². The van der Waals surface area contributed by atoms with Crippen molar-refractivity contribution in [2.45, 2.75) is 19.8 Å². The zero-order valence-electron chi connectivity index (χ0n) is 11.5. The Hall–Kier alpha value is -2.19. The van der Waals surface area contributed by atoms with Gasteiger partial charge in [0, 0.05) is 12.7 Å². The highest BCUT2D eigenvalue weighted by Crippen LogP contribution is 2.23. The summed E-state index contributed by atoms with van der Waals surface area (Å²) < 4.78 is 7.57. The minimum Gasteiger partial charge on any atom is -0.372 e. The molecule has 7 nitrogen and oxygen atoms in total. The van der Waals surface area contributed by atoms with Gasteiger partial charge in [-0.2, -0.15) is 5.10 Å². The lowest BCUT2D eigenvalue weighted by molar-refractivity contribution is 0.134. The van der Waals surface area contributed by atoms with Crippen molar-refractivity contribution in [3.63, 3.8) is 0 Å². The predicted molar refractivity (Wildman–Crippen MR) is 79.2 cm³/mol. The van der Waals surface area contributed by atoms with Gasteiger partial charge in [-0.25, -0.2) is 4.79 Å². The Bertz CT molecular complexity index is 736. The summed E-state index contributed by atoms with van der Waals surface area (Å²) in [5, 5.41) is 12.2. The van der Waals surface area contributed by atoms with Crippen LogP contribution < -0.4 is 10.6 Å². The van der Waals surface area contributed by atoms with Gasteiger partial charge in [-0.1, -0.05) is 6.07 Å². The second kappa shape index (κ2) is 5.66. The number of hydrogen-bond acceptors (Lipinski definition) is 4. The van der Waals surface area contributed by atoms with E-state index in [1.807, 2.05) is 18.2 Å². The van der Waals surface area contributed by atoms with Crippen LogP contribution in [0.2, 0.25) is 0 Å². The maximum Gasteiger partial charge on any atom is 0.319 e. The highest BCUT2D eigenvalue weighted by Gasteiger charge is 2.12. The van der Waals surface area contributed by atoms with Crippen LogP contribution in [0.4, 0.5) is 10.5 Å². The molecule has 8 heteroatoms. The molecule has 1 aromatic heterocycles. The smallest absolute Gasteiger partial charge is 0.319 e. The topological polar surface area (TPSA) is 84.0 Å². The van der Waals surface area contributed by atoms with E-state index in [2.05, 4.69) is 20.8 Å². The summed E-state index contributed by atoms with van der Waals surface area (Å²) in [6, 6.07) is 5.47. The van der Waals surface area contributed by atoms with Crippen LogP contribution in [0.5, 0.6) is 0 Å². The molecule has 3 N–H and O–H groups in total. The number of hydrogen-bond donors (Lipinski definition) is 3. The summed E-state index contributed by atoms with van der Waals surface area (Å²) in [5.74, 6) is 0.664. The van der Waals surface area contributed by atoms with Gasteiger partial charge in [-0.15, -0.1) is 0 Å². The molecule has 0 atom stereocenters. The van der Waals surface area contributed by atoms with Crippen LogP contribution in [0.3, 0.4) is 0 Å². The molecular weight excluding hydrogens is 290 g/mol. The van der Waals surface area contributed by atoms with E-state index in [4.69, 9.17) is 17.0 Å². The third-order valence-corrected chi connectivity index (χ3v) is 3.72. The van der Waals surface area contributed by atoms with Gasteiger partial charge in [-0.3, -0.25) is 5.10 Å². The van der Waals surface area contributed by atoms with Crippen molar-refractivity contribution in [1.82, 2.24) is 20.1 Å². The molecule has 0 saturated carbocycles. The first kappa shape index (κ1) is 13.8. The number of fused-ring (bicyclic) bond motifs is 1. The quantitative estimate of drug-likeness (QED) is 0.755. The van der Waals surface area contributed by atoms with Gasteiger partial charge in [0.25, 0.3) is 0 Å². The second-order valence-electron chi connectivity index (χ2n) is 4.79. The van der Waals surface area contributed by atoms with Crippen molar-refractivity contribution >= 4 is 23.9 Å². The number of aromatic nitrogens is 3. The van der Waals surface area contributed by atoms with Crippen LogP contribution in [-0.4, -0.2) is 20.8 Å². The van der Waals surface area contributed by atoms with Crippen molar-refractivity contribution in [3.05, 3.63) is 39.9 Å². The van der Waals surface area contributed by atoms with Gasteiger partial charge in [-0.05, 0) is 35.5 Å². The van der Waals surface area contributed by atoms with E-state index in [-0.39, 0.29) is 6.03 Å². The van der Waals surface area contributed by atoms with Crippen molar-refractivity contribution in [2.75, 3.05) is 5.32 Å². The molecule has 2 heterocycles. The number of urea groups is 1. The number of rotatable bonds is 3. The van der Waals surface area contributed by atoms with Crippen molar-refractivity contribution in [2.24, 2.45) is 7.05 Å². The highest BCUT2D eigenvalue weighted by molar-refractivity contribution is 7.71. The zero-order chi connectivity index (χ0) is 14.8. The number of carbonyl (C=O) groups excluding carboxylic acids is 1. The van der Waals surface area contributed by atoms with E-state index in [1.54, 1.807) is 11.6 Å². The van der Waals surface area contributed by atoms with Gasteiger partial charge >= 0.3 is 6.03 Å². The SMILES string of the molecule is Cn1c(CNC(=O)Nc2ccc3c(c2)COC3)n[nH]c1=S. The fraction of sp³-hybridized carbons (Fsp3) is 0.308. The average molecular weight is 305 g/mol. The molecule has 110 valence electrons. The number of benzene rings is 1. The van der Waals surface area contributed by atoms with E-state index >= 15 is 0 Å². The van der Waals surface area contributed by atoms with Gasteiger partial charge < -0.3 is 19.9 Å². The fourth-order valence-corrected chi connectivity index (χ4v) is 2.27. The Kier molecular flexibility index (Phi) is 3.72. The van der Waals surface area contributed by atoms with Crippen molar-refractivity contribution in [1.29, 1.82) is 0 Å². The summed E-state index contributed by atoms with van der Waals surface area (Å²) in [6.45, 7) is 1.53. The number of H-pyrrole nitrogens is 1. The minimum absolute atomic E-state index is 0.289. The third-order valence-electron chi connectivity index (χ3n) is 3.36. The Morgan fingerprint density at radius 2 is 2.29 bits per heavy atom. The van der Waals surface area contributed by atoms with Crippen LogP contribution in [0.25, 0.3) is 0 Å². The summed E-state index contributed by atoms with van der Waals surface area (Å²) in [7, 11) is 1.79. The van der Waals surface area contributed by atoms with Gasteiger partial charge in [0.05, 0.1) is 19.8 Å². The molecule has 0 unspecified atom stereocenters. The number of anilines is 1. The molecular formula is C13H15N5O2S. The van der Waals surface area contributed by atoms with Gasteiger partial charge in [0.15, 0.2) is 10.6 Å². The number of carbonyl (C=O) groups is 1. The molecule has 1 aromatic carbocycles. The fourth-order valence-electron chi connectivity index (χ4n) is 2.12. The Balaban J connectivity index is 1.59. The van der Waals surface area contributed by atoms with Crippen molar-refractivity contribution < 1.29 is 9.53 Å². The molecule has 0 aliphatic carbocycles. The Labute approximate surface area is 126 Å². The van der Waals surface area contributed by atoms with E-state index in [0.29, 0.717) is 30.4 Å². The first-order valence-corrected chi connectivity index (χ1v) is 6.89. The molecule has 0 bridgehead atoms. The van der Waals surface area contributed by atoms with Crippen LogP contribution >= 0.6 is 12.2 Å². The molecule has 2 aromatic rings. The lowest BCUT2D eigenvalue weighted by Crippen LogP contribution is -2.29. The molecule has 0 radical (unpaired) electrons. The number of nitrogens with one attached hydrogen (secondary N) is 3. The van der Waals surface area contributed by atoms with E-state index in [1.165, 1.54) is 5.56 Å². The lowest BCUT2D eigenvalue weighted by atomic mass is 10.1. The molecule has 21 heavy (non-hydrogen) atoms. The monoisotopic (exact) mass is 305 g/mol. The normalized spacial score (nSPS) is 13.0. The summed E-state index contributed by atoms with van der Waals surface area (Å²) in [6.07, 6.45) is 0. The number of amides is 2. The largest absolute Gasteiger partial charge is 0.372 e. The number of aromatic amines is 1. The zero-order valence-corrected chi connectivity index (χ0v) is 12.3. The maximum absolute atomic E-state index is 11.9. The first-order chi connectivity index (χ1) is 10.1. The number of nitrogens with zero attached hydrogens (tertiary/aromatic N) is 2.